The first-order valence-electron chi connectivity index (χ1n) is 8.21. The molecule has 0 saturated carbocycles. The van der Waals surface area contributed by atoms with Crippen molar-refractivity contribution in [3.63, 3.8) is 0 Å². The number of carbonyl (C=O) groups is 1. The van der Waals surface area contributed by atoms with E-state index in [1.807, 2.05) is 31.2 Å². The minimum absolute atomic E-state index is 0.155. The van der Waals surface area contributed by atoms with Gasteiger partial charge < -0.3 is 10.2 Å². The minimum atomic E-state index is 0.155. The van der Waals surface area contributed by atoms with Crippen LogP contribution in [0.3, 0.4) is 0 Å². The lowest BCUT2D eigenvalue weighted by Crippen LogP contribution is -2.48. The molecule has 1 amide bonds. The smallest absolute Gasteiger partial charge is 0.220 e. The number of nitrogens with one attached hydrogen (secondary N) is 1. The van der Waals surface area contributed by atoms with Gasteiger partial charge in [-0.15, -0.1) is 11.3 Å². The fourth-order valence-electron chi connectivity index (χ4n) is 3.00. The quantitative estimate of drug-likeness (QED) is 0.916. The van der Waals surface area contributed by atoms with Crippen LogP contribution in [0.1, 0.15) is 29.8 Å². The molecule has 0 spiro atoms. The van der Waals surface area contributed by atoms with E-state index < -0.39 is 0 Å². The Bertz CT molecular complexity index is 641. The van der Waals surface area contributed by atoms with Gasteiger partial charge in [-0.3, -0.25) is 4.79 Å². The van der Waals surface area contributed by atoms with Gasteiger partial charge in [0.15, 0.2) is 0 Å². The summed E-state index contributed by atoms with van der Waals surface area (Å²) in [6, 6.07) is 10.4. The molecule has 4 nitrogen and oxygen atoms in total. The summed E-state index contributed by atoms with van der Waals surface area (Å²) in [6.07, 6.45) is 3.54. The number of aryl methyl sites for hydroxylation is 2. The van der Waals surface area contributed by atoms with Gasteiger partial charge in [-0.2, -0.15) is 0 Å². The number of hydrogen-bond donors (Lipinski definition) is 1. The van der Waals surface area contributed by atoms with Gasteiger partial charge in [0, 0.05) is 36.1 Å². The van der Waals surface area contributed by atoms with Crippen LogP contribution in [0.4, 0.5) is 5.82 Å². The van der Waals surface area contributed by atoms with E-state index in [9.17, 15) is 4.79 Å². The zero-order chi connectivity index (χ0) is 16.1. The summed E-state index contributed by atoms with van der Waals surface area (Å²) in [4.78, 5) is 20.3. The Labute approximate surface area is 141 Å². The van der Waals surface area contributed by atoms with E-state index in [1.54, 1.807) is 11.3 Å². The molecule has 3 rings (SSSR count). The summed E-state index contributed by atoms with van der Waals surface area (Å²) in [7, 11) is 0. The fourth-order valence-corrected chi connectivity index (χ4v) is 3.71. The van der Waals surface area contributed by atoms with Crippen LogP contribution in [0.2, 0.25) is 0 Å². The largest absolute Gasteiger partial charge is 0.355 e. The van der Waals surface area contributed by atoms with E-state index in [0.717, 1.165) is 43.9 Å². The van der Waals surface area contributed by atoms with Crippen LogP contribution in [0.25, 0.3) is 0 Å². The van der Waals surface area contributed by atoms with Crippen molar-refractivity contribution < 1.29 is 4.79 Å². The van der Waals surface area contributed by atoms with Crippen LogP contribution in [0.15, 0.2) is 35.7 Å². The third-order valence-electron chi connectivity index (χ3n) is 4.16. The summed E-state index contributed by atoms with van der Waals surface area (Å²) in [5.41, 5.74) is 1.03. The van der Waals surface area contributed by atoms with Gasteiger partial charge in [-0.1, -0.05) is 12.1 Å². The first-order chi connectivity index (χ1) is 11.2. The van der Waals surface area contributed by atoms with E-state index >= 15 is 0 Å². The second kappa shape index (κ2) is 7.59. The van der Waals surface area contributed by atoms with Crippen LogP contribution in [-0.4, -0.2) is 30.0 Å². The molecule has 1 fully saturated rings. The lowest BCUT2D eigenvalue weighted by molar-refractivity contribution is -0.121. The molecule has 0 bridgehead atoms. The van der Waals surface area contributed by atoms with Crippen LogP contribution in [-0.2, 0) is 11.2 Å². The molecule has 1 atom stereocenters. The highest BCUT2D eigenvalue weighted by molar-refractivity contribution is 7.09. The maximum atomic E-state index is 12.2. The molecule has 0 aliphatic carbocycles. The lowest BCUT2D eigenvalue weighted by Gasteiger charge is -2.34. The van der Waals surface area contributed by atoms with Gasteiger partial charge in [0.05, 0.1) is 0 Å². The summed E-state index contributed by atoms with van der Waals surface area (Å²) in [5.74, 6) is 1.17. The van der Waals surface area contributed by atoms with E-state index in [2.05, 4.69) is 26.6 Å². The van der Waals surface area contributed by atoms with Crippen molar-refractivity contribution in [1.82, 2.24) is 10.3 Å². The molecular weight excluding hydrogens is 306 g/mol. The Morgan fingerprint density at radius 2 is 2.30 bits per heavy atom. The average molecular weight is 329 g/mol. The highest BCUT2D eigenvalue weighted by Crippen LogP contribution is 2.18. The number of thiophene rings is 1. The second-order valence-electron chi connectivity index (χ2n) is 6.07. The predicted octanol–water partition coefficient (Wildman–Crippen LogP) is 3.17. The first kappa shape index (κ1) is 16.0. The van der Waals surface area contributed by atoms with Gasteiger partial charge >= 0.3 is 0 Å². The molecule has 1 aliphatic heterocycles. The number of nitrogens with zero attached hydrogens (tertiary/aromatic N) is 2. The van der Waals surface area contributed by atoms with E-state index in [4.69, 9.17) is 0 Å². The molecular formula is C18H23N3OS. The van der Waals surface area contributed by atoms with Crippen molar-refractivity contribution in [2.75, 3.05) is 18.0 Å². The third-order valence-corrected chi connectivity index (χ3v) is 5.10. The number of pyridine rings is 1. The SMILES string of the molecule is Cc1cccc(N2CCCC(NC(=O)CCc3cccs3)C2)n1. The minimum Gasteiger partial charge on any atom is -0.355 e. The summed E-state index contributed by atoms with van der Waals surface area (Å²) >= 11 is 1.71. The van der Waals surface area contributed by atoms with Gasteiger partial charge in [0.2, 0.25) is 5.91 Å². The Balaban J connectivity index is 1.51. The molecule has 1 N–H and O–H groups in total. The van der Waals surface area contributed by atoms with Crippen molar-refractivity contribution in [2.45, 2.75) is 38.6 Å². The number of aromatic nitrogens is 1. The van der Waals surface area contributed by atoms with Gasteiger partial charge in [0.25, 0.3) is 0 Å². The van der Waals surface area contributed by atoms with Gasteiger partial charge in [-0.25, -0.2) is 4.98 Å². The van der Waals surface area contributed by atoms with E-state index in [-0.39, 0.29) is 11.9 Å². The molecule has 1 saturated heterocycles. The summed E-state index contributed by atoms with van der Waals surface area (Å²) < 4.78 is 0. The second-order valence-corrected chi connectivity index (χ2v) is 7.10. The van der Waals surface area contributed by atoms with Crippen LogP contribution >= 0.6 is 11.3 Å². The van der Waals surface area contributed by atoms with Crippen LogP contribution < -0.4 is 10.2 Å². The zero-order valence-corrected chi connectivity index (χ0v) is 14.3. The number of rotatable bonds is 5. The number of carbonyl (C=O) groups excluding carboxylic acids is 1. The Morgan fingerprint density at radius 1 is 1.39 bits per heavy atom. The van der Waals surface area contributed by atoms with E-state index in [0.29, 0.717) is 6.42 Å². The number of amides is 1. The molecule has 2 aromatic heterocycles. The molecule has 1 aliphatic rings. The van der Waals surface area contributed by atoms with Gasteiger partial charge in [-0.05, 0) is 49.8 Å². The fraction of sp³-hybridized carbons (Fsp3) is 0.444. The Hall–Kier alpha value is -1.88. The predicted molar refractivity (Wildman–Crippen MR) is 95.0 cm³/mol. The van der Waals surface area contributed by atoms with Crippen molar-refractivity contribution in [3.05, 3.63) is 46.3 Å². The highest BCUT2D eigenvalue weighted by Gasteiger charge is 2.22. The van der Waals surface area contributed by atoms with Crippen LogP contribution in [0.5, 0.6) is 0 Å². The number of piperidine rings is 1. The lowest BCUT2D eigenvalue weighted by atomic mass is 10.1. The summed E-state index contributed by atoms with van der Waals surface area (Å²) in [5, 5.41) is 5.25. The zero-order valence-electron chi connectivity index (χ0n) is 13.5. The monoisotopic (exact) mass is 329 g/mol. The van der Waals surface area contributed by atoms with Crippen molar-refractivity contribution in [2.24, 2.45) is 0 Å². The van der Waals surface area contributed by atoms with Crippen molar-refractivity contribution in [3.8, 4) is 0 Å². The number of hydrogen-bond acceptors (Lipinski definition) is 4. The molecule has 2 aromatic rings. The molecule has 0 radical (unpaired) electrons. The standard InChI is InChI=1S/C18H23N3OS/c1-14-5-2-8-17(19-14)21-11-3-6-15(13-21)20-18(22)10-9-16-7-4-12-23-16/h2,4-5,7-8,12,15H,3,6,9-11,13H2,1H3,(H,20,22). The normalized spacial score (nSPS) is 18.0. The van der Waals surface area contributed by atoms with Crippen molar-refractivity contribution >= 4 is 23.1 Å². The highest BCUT2D eigenvalue weighted by atomic mass is 32.1. The van der Waals surface area contributed by atoms with Crippen LogP contribution in [0, 0.1) is 6.92 Å². The molecule has 0 aromatic carbocycles. The maximum absolute atomic E-state index is 12.2. The molecule has 23 heavy (non-hydrogen) atoms. The Kier molecular flexibility index (Phi) is 5.28. The molecule has 122 valence electrons. The maximum Gasteiger partial charge on any atom is 0.220 e. The third kappa shape index (κ3) is 4.55. The van der Waals surface area contributed by atoms with E-state index in [1.165, 1.54) is 4.88 Å². The first-order valence-corrected chi connectivity index (χ1v) is 9.09. The topological polar surface area (TPSA) is 45.2 Å². The van der Waals surface area contributed by atoms with Gasteiger partial charge in [0.1, 0.15) is 5.82 Å². The number of anilines is 1. The molecule has 5 heteroatoms. The van der Waals surface area contributed by atoms with Crippen molar-refractivity contribution in [1.29, 1.82) is 0 Å². The summed E-state index contributed by atoms with van der Waals surface area (Å²) in [6.45, 7) is 3.87. The molecule has 3 heterocycles. The Morgan fingerprint density at radius 3 is 3.09 bits per heavy atom. The average Bonchev–Trinajstić information content (AvgIpc) is 3.07. The molecule has 1 unspecified atom stereocenters.